The lowest BCUT2D eigenvalue weighted by Crippen LogP contribution is -2.11. The van der Waals surface area contributed by atoms with Gasteiger partial charge in [-0.1, -0.05) is 6.92 Å². The van der Waals surface area contributed by atoms with E-state index in [0.29, 0.717) is 12.2 Å². The Morgan fingerprint density at radius 3 is 2.96 bits per heavy atom. The van der Waals surface area contributed by atoms with Gasteiger partial charge in [0.15, 0.2) is 5.65 Å². The Morgan fingerprint density at radius 1 is 1.26 bits per heavy atom. The lowest BCUT2D eigenvalue weighted by Gasteiger charge is -2.09. The first-order chi connectivity index (χ1) is 11.2. The van der Waals surface area contributed by atoms with E-state index in [0.717, 1.165) is 33.4 Å². The number of nitrogens with zero attached hydrogens (tertiary/aromatic N) is 3. The van der Waals surface area contributed by atoms with Crippen molar-refractivity contribution in [1.82, 2.24) is 25.1 Å². The number of aromatic amines is 2. The summed E-state index contributed by atoms with van der Waals surface area (Å²) in [4.78, 5) is 12.0. The summed E-state index contributed by atoms with van der Waals surface area (Å²) in [6, 6.07) is 7.17. The molecule has 0 aliphatic carbocycles. The van der Waals surface area contributed by atoms with Gasteiger partial charge in [-0.2, -0.15) is 5.10 Å². The first-order valence-corrected chi connectivity index (χ1v) is 7.38. The van der Waals surface area contributed by atoms with Gasteiger partial charge in [0.25, 0.3) is 0 Å². The lowest BCUT2D eigenvalue weighted by atomic mass is 10.0. The van der Waals surface area contributed by atoms with Crippen molar-refractivity contribution in [3.63, 3.8) is 0 Å². The fourth-order valence-electron chi connectivity index (χ4n) is 2.81. The third-order valence-corrected chi connectivity index (χ3v) is 4.07. The summed E-state index contributed by atoms with van der Waals surface area (Å²) in [6.45, 7) is 2.53. The minimum atomic E-state index is 0.102. The third-order valence-electron chi connectivity index (χ3n) is 4.07. The van der Waals surface area contributed by atoms with Crippen molar-refractivity contribution in [2.24, 2.45) is 5.73 Å². The molecule has 7 nitrogen and oxygen atoms in total. The van der Waals surface area contributed by atoms with Gasteiger partial charge in [-0.3, -0.25) is 5.10 Å². The Kier molecular flexibility index (Phi) is 3.02. The molecular formula is C16H16N6O. The van der Waals surface area contributed by atoms with Crippen LogP contribution in [-0.2, 0) is 0 Å². The summed E-state index contributed by atoms with van der Waals surface area (Å²) in [6.07, 6.45) is 1.51. The highest BCUT2D eigenvalue weighted by Crippen LogP contribution is 2.32. The molecule has 5 N–H and O–H groups in total. The fourth-order valence-corrected chi connectivity index (χ4v) is 2.81. The summed E-state index contributed by atoms with van der Waals surface area (Å²) in [5.74, 6) is 0.337. The van der Waals surface area contributed by atoms with Crippen LogP contribution < -0.4 is 5.73 Å². The maximum Gasteiger partial charge on any atom is 0.184 e. The molecule has 7 heteroatoms. The highest BCUT2D eigenvalue weighted by Gasteiger charge is 2.18. The Labute approximate surface area is 131 Å². The van der Waals surface area contributed by atoms with Crippen molar-refractivity contribution in [2.75, 3.05) is 6.54 Å². The van der Waals surface area contributed by atoms with Crippen LogP contribution >= 0.6 is 0 Å². The molecule has 0 aliphatic heterocycles. The average molecular weight is 308 g/mol. The lowest BCUT2D eigenvalue weighted by molar-refractivity contribution is 0.476. The number of aromatic nitrogens is 5. The van der Waals surface area contributed by atoms with Gasteiger partial charge >= 0.3 is 0 Å². The molecule has 4 rings (SSSR count). The number of aromatic hydroxyl groups is 1. The van der Waals surface area contributed by atoms with Crippen molar-refractivity contribution in [1.29, 1.82) is 0 Å². The van der Waals surface area contributed by atoms with Gasteiger partial charge in [-0.25, -0.2) is 9.97 Å². The van der Waals surface area contributed by atoms with E-state index < -0.39 is 0 Å². The molecule has 0 bridgehead atoms. The second-order valence-electron chi connectivity index (χ2n) is 5.65. The monoisotopic (exact) mass is 308 g/mol. The first kappa shape index (κ1) is 13.7. The number of nitrogens with one attached hydrogen (secondary N) is 2. The van der Waals surface area contributed by atoms with Crippen LogP contribution in [0.15, 0.2) is 30.6 Å². The number of phenols is 1. The zero-order chi connectivity index (χ0) is 16.0. The van der Waals surface area contributed by atoms with E-state index in [-0.39, 0.29) is 11.7 Å². The van der Waals surface area contributed by atoms with Crippen LogP contribution in [0.5, 0.6) is 5.75 Å². The largest absolute Gasteiger partial charge is 0.508 e. The molecule has 0 saturated heterocycles. The zero-order valence-electron chi connectivity index (χ0n) is 12.5. The number of fused-ring (bicyclic) bond motifs is 2. The predicted molar refractivity (Wildman–Crippen MR) is 88.1 cm³/mol. The highest BCUT2D eigenvalue weighted by atomic mass is 16.3. The number of rotatable bonds is 3. The van der Waals surface area contributed by atoms with Crippen LogP contribution in [-0.4, -0.2) is 36.8 Å². The van der Waals surface area contributed by atoms with E-state index in [1.165, 1.54) is 6.33 Å². The average Bonchev–Trinajstić information content (AvgIpc) is 3.16. The number of H-pyrrole nitrogens is 2. The molecule has 0 amide bonds. The Balaban J connectivity index is 1.97. The molecule has 1 atom stereocenters. The standard InChI is InChI=1S/C16H16N6O/c1-8(6-17)14-13-15(21-22-16(13)19-7-18-14)12-5-9-4-10(23)2-3-11(9)20-12/h2-5,7-8,20,23H,6,17H2,1H3,(H,18,19,21,22). The minimum Gasteiger partial charge on any atom is -0.508 e. The molecule has 4 aromatic rings. The summed E-state index contributed by atoms with van der Waals surface area (Å²) >= 11 is 0. The van der Waals surface area contributed by atoms with E-state index in [4.69, 9.17) is 5.73 Å². The molecule has 23 heavy (non-hydrogen) atoms. The molecule has 3 aromatic heterocycles. The molecular weight excluding hydrogens is 292 g/mol. The topological polar surface area (TPSA) is 116 Å². The van der Waals surface area contributed by atoms with Gasteiger partial charge in [-0.15, -0.1) is 0 Å². The Bertz CT molecular complexity index is 1000. The van der Waals surface area contributed by atoms with Crippen LogP contribution in [0.4, 0.5) is 0 Å². The molecule has 1 unspecified atom stereocenters. The van der Waals surface area contributed by atoms with E-state index in [1.54, 1.807) is 12.1 Å². The summed E-state index contributed by atoms with van der Waals surface area (Å²) in [7, 11) is 0. The molecule has 0 saturated carbocycles. The number of hydrogen-bond acceptors (Lipinski definition) is 5. The van der Waals surface area contributed by atoms with E-state index in [9.17, 15) is 5.11 Å². The van der Waals surface area contributed by atoms with E-state index in [1.807, 2.05) is 19.1 Å². The molecule has 0 spiro atoms. The Hall–Kier alpha value is -2.93. The number of hydrogen-bond donors (Lipinski definition) is 4. The molecule has 1 aromatic carbocycles. The second kappa shape index (κ2) is 5.06. The zero-order valence-corrected chi connectivity index (χ0v) is 12.5. The van der Waals surface area contributed by atoms with Crippen LogP contribution in [0, 0.1) is 0 Å². The number of nitrogens with two attached hydrogens (primary N) is 1. The van der Waals surface area contributed by atoms with Gasteiger partial charge in [-0.05, 0) is 24.3 Å². The van der Waals surface area contributed by atoms with Crippen molar-refractivity contribution in [3.8, 4) is 17.1 Å². The van der Waals surface area contributed by atoms with Gasteiger partial charge in [0, 0.05) is 23.4 Å². The SMILES string of the molecule is CC(CN)c1ncnc2n[nH]c(-c3cc4cc(O)ccc4[nH]3)c12. The predicted octanol–water partition coefficient (Wildman–Crippen LogP) is 2.27. The van der Waals surface area contributed by atoms with Crippen LogP contribution in [0.2, 0.25) is 0 Å². The van der Waals surface area contributed by atoms with Crippen molar-refractivity contribution in [3.05, 3.63) is 36.3 Å². The second-order valence-corrected chi connectivity index (χ2v) is 5.65. The van der Waals surface area contributed by atoms with Crippen LogP contribution in [0.25, 0.3) is 33.3 Å². The van der Waals surface area contributed by atoms with Crippen LogP contribution in [0.1, 0.15) is 18.5 Å². The minimum absolute atomic E-state index is 0.102. The summed E-state index contributed by atoms with van der Waals surface area (Å²) in [5.41, 5.74) is 9.93. The van der Waals surface area contributed by atoms with Gasteiger partial charge in [0.2, 0.25) is 0 Å². The third kappa shape index (κ3) is 2.13. The molecule has 0 aliphatic rings. The summed E-state index contributed by atoms with van der Waals surface area (Å²) < 4.78 is 0. The molecule has 3 heterocycles. The van der Waals surface area contributed by atoms with Crippen molar-refractivity contribution < 1.29 is 5.11 Å². The molecule has 0 radical (unpaired) electrons. The highest BCUT2D eigenvalue weighted by molar-refractivity contribution is 5.96. The number of benzene rings is 1. The van der Waals surface area contributed by atoms with Gasteiger partial charge in [0.05, 0.1) is 22.5 Å². The van der Waals surface area contributed by atoms with Gasteiger partial charge < -0.3 is 15.8 Å². The van der Waals surface area contributed by atoms with Crippen molar-refractivity contribution >= 4 is 21.9 Å². The fraction of sp³-hybridized carbons (Fsp3) is 0.188. The van der Waals surface area contributed by atoms with Crippen molar-refractivity contribution in [2.45, 2.75) is 12.8 Å². The molecule has 0 fully saturated rings. The normalized spacial score (nSPS) is 13.0. The smallest absolute Gasteiger partial charge is 0.184 e. The number of phenolic OH excluding ortho intramolecular Hbond substituents is 1. The summed E-state index contributed by atoms with van der Waals surface area (Å²) in [5, 5.41) is 18.7. The van der Waals surface area contributed by atoms with Gasteiger partial charge in [0.1, 0.15) is 12.1 Å². The van der Waals surface area contributed by atoms with Crippen LogP contribution in [0.3, 0.4) is 0 Å². The van der Waals surface area contributed by atoms with E-state index >= 15 is 0 Å². The quantitative estimate of drug-likeness (QED) is 0.463. The Morgan fingerprint density at radius 2 is 2.13 bits per heavy atom. The first-order valence-electron chi connectivity index (χ1n) is 7.38. The van der Waals surface area contributed by atoms with E-state index in [2.05, 4.69) is 25.1 Å². The molecule has 116 valence electrons. The maximum atomic E-state index is 9.62. The maximum absolute atomic E-state index is 9.62.